The van der Waals surface area contributed by atoms with E-state index in [0.29, 0.717) is 19.8 Å². The summed E-state index contributed by atoms with van der Waals surface area (Å²) in [6.07, 6.45) is 0.0296. The number of aliphatic hydroxyl groups is 1. The van der Waals surface area contributed by atoms with Crippen LogP contribution in [0.4, 0.5) is 0 Å². The molecule has 6 heteroatoms. The average molecular weight is 320 g/mol. The van der Waals surface area contributed by atoms with Crippen LogP contribution in [-0.2, 0) is 13.9 Å². The minimum Gasteiger partial charge on any atom is -0.415 e. The van der Waals surface area contributed by atoms with Crippen LogP contribution in [0.2, 0.25) is 18.1 Å². The summed E-state index contributed by atoms with van der Waals surface area (Å²) in [6, 6.07) is -0.0635. The molecule has 1 heterocycles. The molecule has 0 aromatic carbocycles. The lowest BCUT2D eigenvalue weighted by Gasteiger charge is -2.37. The van der Waals surface area contributed by atoms with Crippen LogP contribution in [0.1, 0.15) is 34.6 Å². The molecule has 0 saturated carbocycles. The Labute approximate surface area is 130 Å². The number of rotatable bonds is 7. The lowest BCUT2D eigenvalue weighted by Crippen LogP contribution is -2.47. The molecule has 21 heavy (non-hydrogen) atoms. The normalized spacial score (nSPS) is 24.3. The Bertz CT molecular complexity index is 328. The largest absolute Gasteiger partial charge is 0.415 e. The maximum atomic E-state index is 9.50. The maximum absolute atomic E-state index is 9.50. The maximum Gasteiger partial charge on any atom is 0.192 e. The predicted octanol–water partition coefficient (Wildman–Crippen LogP) is 2.11. The summed E-state index contributed by atoms with van der Waals surface area (Å²) in [5.41, 5.74) is 0. The van der Waals surface area contributed by atoms with Crippen LogP contribution >= 0.6 is 0 Å². The monoisotopic (exact) mass is 319 g/mol. The molecular formula is C15H33NO4Si. The fourth-order valence-corrected chi connectivity index (χ4v) is 2.91. The highest BCUT2D eigenvalue weighted by molar-refractivity contribution is 6.74. The van der Waals surface area contributed by atoms with Gasteiger partial charge in [0, 0.05) is 6.54 Å². The van der Waals surface area contributed by atoms with E-state index in [1.807, 2.05) is 13.8 Å². The van der Waals surface area contributed by atoms with E-state index in [1.165, 1.54) is 0 Å². The molecule has 1 aliphatic heterocycles. The minimum atomic E-state index is -1.77. The molecule has 126 valence electrons. The molecule has 0 spiro atoms. The number of aliphatic hydroxyl groups excluding tert-OH is 1. The predicted molar refractivity (Wildman–Crippen MR) is 86.9 cm³/mol. The van der Waals surface area contributed by atoms with Crippen molar-refractivity contribution >= 4 is 8.32 Å². The standard InChI is InChI=1S/C15H33NO4Si/c1-14(2,3)21(6,7)19-10-12(9-17)16-8-13-11-18-15(4,5)20-13/h12-13,16-17H,8-11H2,1-7H3/t12-,13-/m0/s1. The summed E-state index contributed by atoms with van der Waals surface area (Å²) in [5, 5.41) is 13.0. The Morgan fingerprint density at radius 1 is 1.38 bits per heavy atom. The third-order valence-electron chi connectivity index (χ3n) is 4.37. The van der Waals surface area contributed by atoms with Gasteiger partial charge in [-0.25, -0.2) is 0 Å². The molecule has 2 atom stereocenters. The van der Waals surface area contributed by atoms with Crippen molar-refractivity contribution in [3.8, 4) is 0 Å². The molecule has 0 aromatic heterocycles. The van der Waals surface area contributed by atoms with Gasteiger partial charge in [-0.1, -0.05) is 20.8 Å². The molecule has 2 N–H and O–H groups in total. The molecule has 0 amide bonds. The molecule has 1 aliphatic rings. The zero-order valence-corrected chi connectivity index (χ0v) is 15.7. The topological polar surface area (TPSA) is 60.0 Å². The molecule has 1 saturated heterocycles. The molecule has 0 bridgehead atoms. The summed E-state index contributed by atoms with van der Waals surface area (Å²) in [7, 11) is -1.77. The smallest absolute Gasteiger partial charge is 0.192 e. The molecule has 1 rings (SSSR count). The van der Waals surface area contributed by atoms with Crippen LogP contribution in [0.3, 0.4) is 0 Å². The Morgan fingerprint density at radius 2 is 2.00 bits per heavy atom. The van der Waals surface area contributed by atoms with Crippen molar-refractivity contribution in [1.29, 1.82) is 0 Å². The first-order valence-electron chi connectivity index (χ1n) is 7.77. The van der Waals surface area contributed by atoms with Crippen molar-refractivity contribution in [3.63, 3.8) is 0 Å². The summed E-state index contributed by atoms with van der Waals surface area (Å²) in [4.78, 5) is 0. The van der Waals surface area contributed by atoms with E-state index in [9.17, 15) is 5.11 Å². The van der Waals surface area contributed by atoms with Gasteiger partial charge in [-0.05, 0) is 32.0 Å². The first-order chi connectivity index (χ1) is 9.47. The molecule has 0 unspecified atom stereocenters. The van der Waals surface area contributed by atoms with Gasteiger partial charge < -0.3 is 24.3 Å². The van der Waals surface area contributed by atoms with E-state index in [1.54, 1.807) is 0 Å². The van der Waals surface area contributed by atoms with Gasteiger partial charge in [0.1, 0.15) is 0 Å². The van der Waals surface area contributed by atoms with Crippen LogP contribution in [0, 0.1) is 0 Å². The van der Waals surface area contributed by atoms with Crippen molar-refractivity contribution in [3.05, 3.63) is 0 Å². The van der Waals surface area contributed by atoms with Gasteiger partial charge in [0.2, 0.25) is 0 Å². The van der Waals surface area contributed by atoms with Crippen molar-refractivity contribution < 1.29 is 19.0 Å². The zero-order valence-electron chi connectivity index (χ0n) is 14.7. The van der Waals surface area contributed by atoms with Gasteiger partial charge in [-0.3, -0.25) is 0 Å². The zero-order chi connectivity index (χ0) is 16.3. The highest BCUT2D eigenvalue weighted by Crippen LogP contribution is 2.36. The van der Waals surface area contributed by atoms with E-state index >= 15 is 0 Å². The highest BCUT2D eigenvalue weighted by Gasteiger charge is 2.38. The van der Waals surface area contributed by atoms with E-state index in [2.05, 4.69) is 39.2 Å². The Hall–Kier alpha value is 0.0169. The summed E-state index contributed by atoms with van der Waals surface area (Å²) >= 11 is 0. The average Bonchev–Trinajstić information content (AvgIpc) is 2.67. The van der Waals surface area contributed by atoms with Gasteiger partial charge >= 0.3 is 0 Å². The van der Waals surface area contributed by atoms with Gasteiger partial charge in [0.05, 0.1) is 32.0 Å². The lowest BCUT2D eigenvalue weighted by molar-refractivity contribution is -0.138. The molecule has 0 aromatic rings. The fraction of sp³-hybridized carbons (Fsp3) is 1.00. The Kier molecular flexibility index (Phi) is 6.41. The number of ether oxygens (including phenoxy) is 2. The van der Waals surface area contributed by atoms with Crippen molar-refractivity contribution in [2.24, 2.45) is 0 Å². The van der Waals surface area contributed by atoms with Crippen molar-refractivity contribution in [2.75, 3.05) is 26.4 Å². The molecule has 0 radical (unpaired) electrons. The highest BCUT2D eigenvalue weighted by atomic mass is 28.4. The quantitative estimate of drug-likeness (QED) is 0.704. The molecule has 1 fully saturated rings. The van der Waals surface area contributed by atoms with E-state index in [-0.39, 0.29) is 23.8 Å². The summed E-state index contributed by atoms with van der Waals surface area (Å²) in [6.45, 7) is 16.8. The lowest BCUT2D eigenvalue weighted by atomic mass is 10.2. The third kappa shape index (κ3) is 5.96. The Morgan fingerprint density at radius 3 is 2.43 bits per heavy atom. The minimum absolute atomic E-state index is 0.0296. The van der Waals surface area contributed by atoms with E-state index in [0.717, 1.165) is 0 Å². The first-order valence-corrected chi connectivity index (χ1v) is 10.7. The van der Waals surface area contributed by atoms with Crippen LogP contribution in [0.5, 0.6) is 0 Å². The van der Waals surface area contributed by atoms with Crippen molar-refractivity contribution in [1.82, 2.24) is 5.32 Å². The second-order valence-corrected chi connectivity index (χ2v) is 12.6. The molecule has 0 aliphatic carbocycles. The van der Waals surface area contributed by atoms with Crippen LogP contribution in [-0.4, -0.2) is 57.7 Å². The van der Waals surface area contributed by atoms with Crippen LogP contribution in [0.15, 0.2) is 0 Å². The molecule has 5 nitrogen and oxygen atoms in total. The SMILES string of the molecule is CC1(C)OC[C@H](CN[C@@H](CO)CO[Si](C)(C)C(C)(C)C)O1. The van der Waals surface area contributed by atoms with Gasteiger partial charge in [-0.2, -0.15) is 0 Å². The molecular weight excluding hydrogens is 286 g/mol. The first kappa shape index (κ1) is 19.1. The summed E-state index contributed by atoms with van der Waals surface area (Å²) in [5.74, 6) is -0.501. The van der Waals surface area contributed by atoms with E-state index < -0.39 is 14.1 Å². The Balaban J connectivity index is 2.36. The van der Waals surface area contributed by atoms with Crippen LogP contribution in [0.25, 0.3) is 0 Å². The fourth-order valence-electron chi connectivity index (χ4n) is 1.86. The van der Waals surface area contributed by atoms with Gasteiger partial charge in [0.15, 0.2) is 14.1 Å². The van der Waals surface area contributed by atoms with Gasteiger partial charge in [-0.15, -0.1) is 0 Å². The third-order valence-corrected chi connectivity index (χ3v) is 8.87. The second kappa shape index (κ2) is 7.06. The number of nitrogens with one attached hydrogen (secondary N) is 1. The second-order valence-electron chi connectivity index (χ2n) is 7.81. The summed E-state index contributed by atoms with van der Waals surface area (Å²) < 4.78 is 17.4. The number of hydrogen-bond donors (Lipinski definition) is 2. The van der Waals surface area contributed by atoms with Crippen LogP contribution < -0.4 is 5.32 Å². The van der Waals surface area contributed by atoms with Crippen molar-refractivity contribution in [2.45, 2.75) is 70.7 Å². The van der Waals surface area contributed by atoms with Gasteiger partial charge in [0.25, 0.3) is 0 Å². The number of hydrogen-bond acceptors (Lipinski definition) is 5. The van der Waals surface area contributed by atoms with E-state index in [4.69, 9.17) is 13.9 Å².